The molecule has 1 unspecified atom stereocenters. The molecule has 5 heteroatoms. The molecule has 0 fully saturated rings. The third-order valence-electron chi connectivity index (χ3n) is 4.88. The molecule has 5 nitrogen and oxygen atoms in total. The van der Waals surface area contributed by atoms with Gasteiger partial charge in [-0.2, -0.15) is 0 Å². The second kappa shape index (κ2) is 4.68. The van der Waals surface area contributed by atoms with Gasteiger partial charge in [0, 0.05) is 21.9 Å². The van der Waals surface area contributed by atoms with E-state index in [1.807, 2.05) is 36.4 Å². The lowest BCUT2D eigenvalue weighted by Gasteiger charge is -2.28. The third kappa shape index (κ3) is 1.57. The molecule has 0 spiro atoms. The highest BCUT2D eigenvalue weighted by Gasteiger charge is 2.31. The van der Waals surface area contributed by atoms with E-state index in [1.165, 1.54) is 0 Å². The van der Waals surface area contributed by atoms with Gasteiger partial charge in [0.05, 0.1) is 17.7 Å². The Kier molecular flexibility index (Phi) is 2.59. The average molecular weight is 312 g/mol. The normalized spacial score (nSPS) is 19.0. The van der Waals surface area contributed by atoms with Crippen LogP contribution in [0.4, 0.5) is 0 Å². The van der Waals surface area contributed by atoms with Gasteiger partial charge in [0.25, 0.3) is 0 Å². The van der Waals surface area contributed by atoms with Gasteiger partial charge in [-0.25, -0.2) is 0 Å². The zero-order valence-corrected chi connectivity index (χ0v) is 12.6. The maximum atomic E-state index is 10.9. The van der Waals surface area contributed by atoms with E-state index in [1.54, 1.807) is 6.20 Å². The molecule has 0 saturated heterocycles. The Morgan fingerprint density at radius 2 is 1.88 bits per heavy atom. The van der Waals surface area contributed by atoms with Gasteiger partial charge in [0.2, 0.25) is 0 Å². The van der Waals surface area contributed by atoms with Crippen LogP contribution < -0.4 is 0 Å². The maximum Gasteiger partial charge on any atom is 0.0933 e. The molecule has 1 heterocycles. The molecule has 1 aliphatic carbocycles. The summed E-state index contributed by atoms with van der Waals surface area (Å²) in [5.41, 5.74) is 11.5. The molecule has 24 heavy (non-hydrogen) atoms. The minimum absolute atomic E-state index is 0.620. The molecule has 4 aromatic rings. The highest BCUT2D eigenvalue weighted by atomic mass is 16.3. The van der Waals surface area contributed by atoms with Crippen molar-refractivity contribution in [1.29, 1.82) is 0 Å². The molecule has 1 aromatic heterocycles. The van der Waals surface area contributed by atoms with Crippen LogP contribution in [0.2, 0.25) is 0 Å². The summed E-state index contributed by atoms with van der Waals surface area (Å²) in [6, 6.07) is 15.2. The summed E-state index contributed by atoms with van der Waals surface area (Å²) in [5.74, 6) is 0. The molecule has 1 aliphatic rings. The minimum atomic E-state index is -0.867. The predicted molar refractivity (Wildman–Crippen MR) is 93.6 cm³/mol. The van der Waals surface area contributed by atoms with E-state index >= 15 is 0 Å². The topological polar surface area (TPSA) is 81.9 Å². The number of fused-ring (bicyclic) bond motifs is 2. The summed E-state index contributed by atoms with van der Waals surface area (Å²) in [7, 11) is 0. The first-order valence-corrected chi connectivity index (χ1v) is 7.75. The molecule has 0 bridgehead atoms. The van der Waals surface area contributed by atoms with Crippen LogP contribution in [-0.4, -0.2) is 10.1 Å². The van der Waals surface area contributed by atoms with Crippen molar-refractivity contribution in [2.24, 2.45) is 5.11 Å². The van der Waals surface area contributed by atoms with Crippen molar-refractivity contribution in [3.05, 3.63) is 76.3 Å². The highest BCUT2D eigenvalue weighted by Crippen LogP contribution is 2.48. The number of pyridine rings is 1. The molecule has 0 radical (unpaired) electrons. The molecule has 0 amide bonds. The summed E-state index contributed by atoms with van der Waals surface area (Å²) < 4.78 is 0. The zero-order valence-electron chi connectivity index (χ0n) is 12.6. The molecule has 5 rings (SSSR count). The van der Waals surface area contributed by atoms with E-state index in [0.717, 1.165) is 43.6 Å². The Hall–Kier alpha value is -3.14. The van der Waals surface area contributed by atoms with Crippen molar-refractivity contribution in [3.8, 4) is 0 Å². The summed E-state index contributed by atoms with van der Waals surface area (Å²) in [4.78, 5) is 7.48. The van der Waals surface area contributed by atoms with E-state index < -0.39 is 12.1 Å². The number of nitrogens with zero attached hydrogens (tertiary/aromatic N) is 4. The predicted octanol–water partition coefficient (Wildman–Crippen LogP) is 4.94. The molecule has 3 aromatic carbocycles. The SMILES string of the molecule is [N-]=[N+]=NC1c2cccc3ccc4c5ncccc5cc(c4c23)[C@H]1O. The Morgan fingerprint density at radius 3 is 2.75 bits per heavy atom. The van der Waals surface area contributed by atoms with E-state index in [4.69, 9.17) is 5.53 Å². The van der Waals surface area contributed by atoms with Crippen LogP contribution in [0.15, 0.2) is 59.8 Å². The van der Waals surface area contributed by atoms with Crippen molar-refractivity contribution in [1.82, 2.24) is 4.98 Å². The van der Waals surface area contributed by atoms with E-state index in [0.29, 0.717) is 0 Å². The van der Waals surface area contributed by atoms with Crippen molar-refractivity contribution < 1.29 is 5.11 Å². The van der Waals surface area contributed by atoms with Crippen LogP contribution in [0.3, 0.4) is 0 Å². The number of hydrogen-bond acceptors (Lipinski definition) is 3. The van der Waals surface area contributed by atoms with Crippen molar-refractivity contribution >= 4 is 32.4 Å². The Labute approximate surface area is 136 Å². The van der Waals surface area contributed by atoms with Gasteiger partial charge in [0.1, 0.15) is 0 Å². The van der Waals surface area contributed by atoms with Crippen molar-refractivity contribution in [3.63, 3.8) is 0 Å². The van der Waals surface area contributed by atoms with E-state index in [-0.39, 0.29) is 0 Å². The average Bonchev–Trinajstić information content (AvgIpc) is 2.63. The summed E-state index contributed by atoms with van der Waals surface area (Å²) in [6.45, 7) is 0. The van der Waals surface area contributed by atoms with Gasteiger partial charge in [0.15, 0.2) is 0 Å². The standard InChI is InChI=1S/C19H12N4O/c20-23-22-18-12-5-1-3-10-6-7-13-16(15(10)12)14(19(18)24)9-11-4-2-8-21-17(11)13/h1-9,18-19,24H/t18?,19-/m1/s1. The number of hydrogen-bond donors (Lipinski definition) is 1. The summed E-state index contributed by atoms with van der Waals surface area (Å²) >= 11 is 0. The number of azide groups is 1. The largest absolute Gasteiger partial charge is 0.388 e. The first-order valence-electron chi connectivity index (χ1n) is 7.75. The number of aromatic nitrogens is 1. The van der Waals surface area contributed by atoms with Crippen molar-refractivity contribution in [2.75, 3.05) is 0 Å². The molecular weight excluding hydrogens is 300 g/mol. The second-order valence-corrected chi connectivity index (χ2v) is 6.07. The number of aliphatic hydroxyl groups is 1. The molecule has 1 N–H and O–H groups in total. The van der Waals surface area contributed by atoms with Gasteiger partial charge >= 0.3 is 0 Å². The lowest BCUT2D eigenvalue weighted by atomic mass is 9.81. The summed E-state index contributed by atoms with van der Waals surface area (Å²) in [5, 5.41) is 19.9. The lowest BCUT2D eigenvalue weighted by Crippen LogP contribution is -2.14. The number of rotatable bonds is 1. The van der Waals surface area contributed by atoms with Gasteiger partial charge in [-0.3, -0.25) is 4.98 Å². The molecule has 2 atom stereocenters. The fourth-order valence-corrected chi connectivity index (χ4v) is 3.90. The van der Waals surface area contributed by atoms with Crippen LogP contribution in [0, 0.1) is 0 Å². The van der Waals surface area contributed by atoms with Gasteiger partial charge in [-0.05, 0) is 44.9 Å². The van der Waals surface area contributed by atoms with Gasteiger partial charge in [-0.1, -0.05) is 41.5 Å². The molecule has 0 aliphatic heterocycles. The van der Waals surface area contributed by atoms with E-state index in [9.17, 15) is 5.11 Å². The van der Waals surface area contributed by atoms with Crippen LogP contribution in [0.5, 0.6) is 0 Å². The van der Waals surface area contributed by atoms with Crippen LogP contribution in [0.1, 0.15) is 23.3 Å². The van der Waals surface area contributed by atoms with Gasteiger partial charge in [-0.15, -0.1) is 0 Å². The smallest absolute Gasteiger partial charge is 0.0933 e. The molecule has 0 saturated carbocycles. The molecule has 114 valence electrons. The first kappa shape index (κ1) is 13.3. The fourth-order valence-electron chi connectivity index (χ4n) is 3.90. The fraction of sp³-hybridized carbons (Fsp3) is 0.105. The van der Waals surface area contributed by atoms with Crippen LogP contribution in [0.25, 0.3) is 42.9 Å². The Balaban J connectivity index is 2.10. The zero-order chi connectivity index (χ0) is 16.3. The lowest BCUT2D eigenvalue weighted by molar-refractivity contribution is 0.148. The number of benzene rings is 3. The monoisotopic (exact) mass is 312 g/mol. The summed E-state index contributed by atoms with van der Waals surface area (Å²) in [6.07, 6.45) is 0.913. The highest BCUT2D eigenvalue weighted by molar-refractivity contribution is 6.19. The Bertz CT molecular complexity index is 1190. The maximum absolute atomic E-state index is 10.9. The molecular formula is C19H12N4O. The second-order valence-electron chi connectivity index (χ2n) is 6.07. The third-order valence-corrected chi connectivity index (χ3v) is 4.88. The quantitative estimate of drug-likeness (QED) is 0.234. The van der Waals surface area contributed by atoms with Gasteiger partial charge < -0.3 is 5.11 Å². The van der Waals surface area contributed by atoms with E-state index in [2.05, 4.69) is 27.1 Å². The van der Waals surface area contributed by atoms with Crippen LogP contribution >= 0.6 is 0 Å². The van der Waals surface area contributed by atoms with Crippen molar-refractivity contribution in [2.45, 2.75) is 12.1 Å². The minimum Gasteiger partial charge on any atom is -0.388 e. The van der Waals surface area contributed by atoms with Crippen LogP contribution in [-0.2, 0) is 0 Å². The Morgan fingerprint density at radius 1 is 1.00 bits per heavy atom. The number of aliphatic hydroxyl groups excluding tert-OH is 1. The first-order chi connectivity index (χ1) is 11.8.